The number of rotatable bonds is 5. The molecular formula is C15H12FN3O2. The number of nitro groups is 1. The van der Waals surface area contributed by atoms with E-state index in [1.165, 1.54) is 30.3 Å². The molecule has 0 heterocycles. The van der Waals surface area contributed by atoms with Crippen LogP contribution in [-0.4, -0.2) is 11.5 Å². The van der Waals surface area contributed by atoms with Crippen LogP contribution in [0.2, 0.25) is 0 Å². The van der Waals surface area contributed by atoms with Gasteiger partial charge in [0.1, 0.15) is 11.5 Å². The highest BCUT2D eigenvalue weighted by Crippen LogP contribution is 2.25. The zero-order valence-electron chi connectivity index (χ0n) is 11.0. The van der Waals surface area contributed by atoms with Crippen molar-refractivity contribution < 1.29 is 9.31 Å². The molecule has 0 aliphatic carbocycles. The Bertz CT molecular complexity index is 693. The third-order valence-corrected chi connectivity index (χ3v) is 2.96. The molecule has 2 aromatic carbocycles. The van der Waals surface area contributed by atoms with E-state index in [1.54, 1.807) is 12.1 Å². The van der Waals surface area contributed by atoms with E-state index in [0.29, 0.717) is 24.2 Å². The first-order valence-electron chi connectivity index (χ1n) is 6.27. The summed E-state index contributed by atoms with van der Waals surface area (Å²) in [4.78, 5) is 10.4. The van der Waals surface area contributed by atoms with Gasteiger partial charge in [-0.05, 0) is 36.2 Å². The van der Waals surface area contributed by atoms with Crippen LogP contribution in [0.1, 0.15) is 11.1 Å². The number of halogens is 1. The summed E-state index contributed by atoms with van der Waals surface area (Å²) in [5.41, 5.74) is 1.50. The maximum absolute atomic E-state index is 12.8. The smallest absolute Gasteiger partial charge is 0.292 e. The zero-order chi connectivity index (χ0) is 15.2. The van der Waals surface area contributed by atoms with Gasteiger partial charge in [-0.1, -0.05) is 12.1 Å². The van der Waals surface area contributed by atoms with Crippen molar-refractivity contribution in [2.45, 2.75) is 6.42 Å². The second-order valence-corrected chi connectivity index (χ2v) is 4.40. The minimum atomic E-state index is -0.499. The summed E-state index contributed by atoms with van der Waals surface area (Å²) >= 11 is 0. The molecule has 0 fully saturated rings. The third kappa shape index (κ3) is 3.76. The molecule has 0 aromatic heterocycles. The fraction of sp³-hybridized carbons (Fsp3) is 0.133. The lowest BCUT2D eigenvalue weighted by Gasteiger charge is -2.07. The summed E-state index contributed by atoms with van der Waals surface area (Å²) < 4.78 is 12.8. The van der Waals surface area contributed by atoms with Gasteiger partial charge >= 0.3 is 0 Å². The second-order valence-electron chi connectivity index (χ2n) is 4.40. The van der Waals surface area contributed by atoms with Gasteiger partial charge in [0.05, 0.1) is 16.6 Å². The molecule has 0 saturated carbocycles. The first-order chi connectivity index (χ1) is 10.1. The second kappa shape index (κ2) is 6.48. The molecule has 0 amide bonds. The van der Waals surface area contributed by atoms with Crippen molar-refractivity contribution in [2.24, 2.45) is 0 Å². The van der Waals surface area contributed by atoms with Crippen LogP contribution in [0.5, 0.6) is 0 Å². The molecular weight excluding hydrogens is 273 g/mol. The van der Waals surface area contributed by atoms with E-state index in [2.05, 4.69) is 5.32 Å². The van der Waals surface area contributed by atoms with Crippen molar-refractivity contribution in [1.29, 1.82) is 5.26 Å². The zero-order valence-corrected chi connectivity index (χ0v) is 11.0. The number of hydrogen-bond acceptors (Lipinski definition) is 4. The van der Waals surface area contributed by atoms with E-state index in [4.69, 9.17) is 5.26 Å². The summed E-state index contributed by atoms with van der Waals surface area (Å²) in [5.74, 6) is -0.302. The van der Waals surface area contributed by atoms with Crippen molar-refractivity contribution in [3.05, 3.63) is 69.5 Å². The lowest BCUT2D eigenvalue weighted by molar-refractivity contribution is -0.384. The van der Waals surface area contributed by atoms with Gasteiger partial charge in [0.15, 0.2) is 0 Å². The maximum atomic E-state index is 12.8. The molecule has 2 aromatic rings. The molecule has 0 aliphatic heterocycles. The largest absolute Gasteiger partial charge is 0.379 e. The molecule has 0 spiro atoms. The normalized spacial score (nSPS) is 9.90. The molecule has 0 unspecified atom stereocenters. The Morgan fingerprint density at radius 3 is 2.57 bits per heavy atom. The van der Waals surface area contributed by atoms with Crippen LogP contribution in [-0.2, 0) is 6.42 Å². The van der Waals surface area contributed by atoms with Gasteiger partial charge in [-0.2, -0.15) is 5.26 Å². The number of nitro benzene ring substituents is 1. The molecule has 106 valence electrons. The van der Waals surface area contributed by atoms with Gasteiger partial charge in [-0.25, -0.2) is 4.39 Å². The monoisotopic (exact) mass is 285 g/mol. The Kier molecular flexibility index (Phi) is 4.46. The number of anilines is 1. The van der Waals surface area contributed by atoms with Crippen molar-refractivity contribution in [3.8, 4) is 6.07 Å². The maximum Gasteiger partial charge on any atom is 0.292 e. The van der Waals surface area contributed by atoms with E-state index in [9.17, 15) is 14.5 Å². The average molecular weight is 285 g/mol. The molecule has 0 saturated heterocycles. The van der Waals surface area contributed by atoms with Gasteiger partial charge in [0.25, 0.3) is 5.69 Å². The number of benzene rings is 2. The molecule has 0 radical (unpaired) electrons. The molecule has 6 heteroatoms. The highest BCUT2D eigenvalue weighted by molar-refractivity contribution is 5.64. The van der Waals surface area contributed by atoms with E-state index < -0.39 is 4.92 Å². The standard InChI is InChI=1S/C15H12FN3O2/c16-13-4-1-11(2-5-13)7-8-18-14-9-12(10-17)3-6-15(14)19(20)21/h1-6,9,18H,7-8H2. The van der Waals surface area contributed by atoms with Crippen molar-refractivity contribution in [3.63, 3.8) is 0 Å². The topological polar surface area (TPSA) is 79.0 Å². The molecule has 1 N–H and O–H groups in total. The number of nitriles is 1. The third-order valence-electron chi connectivity index (χ3n) is 2.96. The minimum Gasteiger partial charge on any atom is -0.379 e. The first-order valence-corrected chi connectivity index (χ1v) is 6.27. The van der Waals surface area contributed by atoms with Crippen molar-refractivity contribution >= 4 is 11.4 Å². The molecule has 2 rings (SSSR count). The summed E-state index contributed by atoms with van der Waals surface area (Å²) in [5, 5.41) is 22.7. The molecule has 0 aliphatic rings. The van der Waals surface area contributed by atoms with Crippen molar-refractivity contribution in [2.75, 3.05) is 11.9 Å². The minimum absolute atomic E-state index is 0.0758. The lowest BCUT2D eigenvalue weighted by Crippen LogP contribution is -2.07. The summed E-state index contributed by atoms with van der Waals surface area (Å²) in [6.45, 7) is 0.446. The quantitative estimate of drug-likeness (QED) is 0.675. The van der Waals surface area contributed by atoms with Crippen LogP contribution in [0.25, 0.3) is 0 Å². The van der Waals surface area contributed by atoms with E-state index >= 15 is 0 Å². The van der Waals surface area contributed by atoms with Crippen LogP contribution in [0, 0.1) is 27.3 Å². The SMILES string of the molecule is N#Cc1ccc([N+](=O)[O-])c(NCCc2ccc(F)cc2)c1. The van der Waals surface area contributed by atoms with Gasteiger partial charge in [-0.3, -0.25) is 10.1 Å². The van der Waals surface area contributed by atoms with Crippen molar-refractivity contribution in [1.82, 2.24) is 0 Å². The summed E-state index contributed by atoms with van der Waals surface area (Å²) in [6, 6.07) is 12.2. The van der Waals surface area contributed by atoms with Crippen LogP contribution in [0.4, 0.5) is 15.8 Å². The fourth-order valence-corrected chi connectivity index (χ4v) is 1.90. The molecule has 0 bridgehead atoms. The highest BCUT2D eigenvalue weighted by atomic mass is 19.1. The molecule has 5 nitrogen and oxygen atoms in total. The predicted molar refractivity (Wildman–Crippen MR) is 76.4 cm³/mol. The van der Waals surface area contributed by atoms with Gasteiger partial charge < -0.3 is 5.32 Å². The van der Waals surface area contributed by atoms with E-state index in [-0.39, 0.29) is 11.5 Å². The Balaban J connectivity index is 2.06. The first kappa shape index (κ1) is 14.5. The fourth-order valence-electron chi connectivity index (χ4n) is 1.90. The predicted octanol–water partition coefficient (Wildman–Crippen LogP) is 3.26. The van der Waals surface area contributed by atoms with Crippen LogP contribution >= 0.6 is 0 Å². The van der Waals surface area contributed by atoms with Gasteiger partial charge in [0.2, 0.25) is 0 Å². The highest BCUT2D eigenvalue weighted by Gasteiger charge is 2.13. The van der Waals surface area contributed by atoms with Crippen LogP contribution in [0.3, 0.4) is 0 Å². The molecule has 0 atom stereocenters. The van der Waals surface area contributed by atoms with Crippen LogP contribution in [0.15, 0.2) is 42.5 Å². The summed E-state index contributed by atoms with van der Waals surface area (Å²) in [6.07, 6.45) is 0.591. The van der Waals surface area contributed by atoms with Crippen LogP contribution < -0.4 is 5.32 Å². The van der Waals surface area contributed by atoms with E-state index in [0.717, 1.165) is 5.56 Å². The summed E-state index contributed by atoms with van der Waals surface area (Å²) in [7, 11) is 0. The van der Waals surface area contributed by atoms with Gasteiger partial charge in [-0.15, -0.1) is 0 Å². The van der Waals surface area contributed by atoms with E-state index in [1.807, 2.05) is 6.07 Å². The number of nitrogens with one attached hydrogen (secondary N) is 1. The Labute approximate surface area is 120 Å². The number of hydrogen-bond donors (Lipinski definition) is 1. The lowest BCUT2D eigenvalue weighted by atomic mass is 10.1. The number of nitrogens with zero attached hydrogens (tertiary/aromatic N) is 2. The average Bonchev–Trinajstić information content (AvgIpc) is 2.49. The van der Waals surface area contributed by atoms with Gasteiger partial charge in [0, 0.05) is 12.6 Å². The Morgan fingerprint density at radius 2 is 1.95 bits per heavy atom. The Hall–Kier alpha value is -2.94. The Morgan fingerprint density at radius 1 is 1.24 bits per heavy atom. The molecule has 21 heavy (non-hydrogen) atoms.